The van der Waals surface area contributed by atoms with E-state index in [4.69, 9.17) is 12.2 Å². The van der Waals surface area contributed by atoms with Crippen LogP contribution in [0.4, 0.5) is 5.69 Å². The van der Waals surface area contributed by atoms with Gasteiger partial charge in [0.25, 0.3) is 0 Å². The zero-order chi connectivity index (χ0) is 9.26. The van der Waals surface area contributed by atoms with Crippen molar-refractivity contribution in [3.05, 3.63) is 18.2 Å². The molecule has 1 heterocycles. The van der Waals surface area contributed by atoms with Gasteiger partial charge in [0.2, 0.25) is 0 Å². The fourth-order valence-electron chi connectivity index (χ4n) is 1.10. The number of fused-ring (bicyclic) bond motifs is 1. The first-order chi connectivity index (χ1) is 6.27. The molecular formula is C8H7N3S2. The van der Waals surface area contributed by atoms with Crippen molar-refractivity contribution in [2.45, 2.75) is 6.92 Å². The largest absolute Gasteiger partial charge is 0.348 e. The van der Waals surface area contributed by atoms with Crippen LogP contribution in [0.15, 0.2) is 18.2 Å². The lowest BCUT2D eigenvalue weighted by atomic mass is 10.2. The van der Waals surface area contributed by atoms with Crippen molar-refractivity contribution in [1.29, 1.82) is 0 Å². The van der Waals surface area contributed by atoms with Gasteiger partial charge in [0, 0.05) is 0 Å². The molecule has 5 heteroatoms. The topological polar surface area (TPSA) is 37.8 Å². The van der Waals surface area contributed by atoms with E-state index in [1.807, 2.05) is 25.1 Å². The minimum Gasteiger partial charge on any atom is -0.348 e. The van der Waals surface area contributed by atoms with Crippen LogP contribution in [0.25, 0.3) is 11.0 Å². The molecule has 0 bridgehead atoms. The number of anilines is 1. The Bertz CT molecular complexity index is 449. The monoisotopic (exact) mass is 209 g/mol. The molecule has 13 heavy (non-hydrogen) atoms. The van der Waals surface area contributed by atoms with Crippen LogP contribution in [0.3, 0.4) is 0 Å². The first-order valence-electron chi connectivity index (χ1n) is 3.76. The molecule has 1 aromatic carbocycles. The van der Waals surface area contributed by atoms with Crippen molar-refractivity contribution < 1.29 is 0 Å². The van der Waals surface area contributed by atoms with E-state index in [-0.39, 0.29) is 0 Å². The van der Waals surface area contributed by atoms with E-state index < -0.39 is 0 Å². The Kier molecular flexibility index (Phi) is 2.20. The van der Waals surface area contributed by atoms with Crippen molar-refractivity contribution in [1.82, 2.24) is 8.75 Å². The summed E-state index contributed by atoms with van der Waals surface area (Å²) in [4.78, 5) is 0.737. The van der Waals surface area contributed by atoms with E-state index >= 15 is 0 Å². The number of nitrogens with zero attached hydrogens (tertiary/aromatic N) is 2. The lowest BCUT2D eigenvalue weighted by Crippen LogP contribution is -2.03. The van der Waals surface area contributed by atoms with Gasteiger partial charge in [-0.2, -0.15) is 8.75 Å². The molecule has 1 aromatic heterocycles. The van der Waals surface area contributed by atoms with Gasteiger partial charge in [0.15, 0.2) is 0 Å². The summed E-state index contributed by atoms with van der Waals surface area (Å²) in [6, 6.07) is 5.81. The summed E-state index contributed by atoms with van der Waals surface area (Å²) < 4.78 is 8.31. The van der Waals surface area contributed by atoms with Crippen LogP contribution >= 0.6 is 23.9 Å². The van der Waals surface area contributed by atoms with Crippen molar-refractivity contribution in [3.8, 4) is 0 Å². The quantitative estimate of drug-likeness (QED) is 0.732. The first-order valence-corrected chi connectivity index (χ1v) is 4.90. The predicted octanol–water partition coefficient (Wildman–Crippen LogP) is 2.45. The summed E-state index contributed by atoms with van der Waals surface area (Å²) in [6.45, 7) is 1.84. The van der Waals surface area contributed by atoms with E-state index in [0.29, 0.717) is 0 Å². The molecule has 0 saturated heterocycles. The third-order valence-corrected chi connectivity index (χ3v) is 2.24. The summed E-state index contributed by atoms with van der Waals surface area (Å²) in [5.74, 6) is 0. The highest BCUT2D eigenvalue weighted by Crippen LogP contribution is 2.20. The summed E-state index contributed by atoms with van der Waals surface area (Å²) in [5.41, 5.74) is 2.72. The lowest BCUT2D eigenvalue weighted by Gasteiger charge is -2.02. The van der Waals surface area contributed by atoms with Crippen LogP contribution in [-0.2, 0) is 0 Å². The van der Waals surface area contributed by atoms with Crippen LogP contribution in [0.1, 0.15) is 6.92 Å². The Balaban J connectivity index is 2.54. The van der Waals surface area contributed by atoms with Gasteiger partial charge < -0.3 is 5.32 Å². The standard InChI is InChI=1S/C8H7N3S2/c1-5(12)9-6-3-2-4-7-8(6)11-13-10-7/h2-4H,1H3,(H,9,12). The van der Waals surface area contributed by atoms with Gasteiger partial charge in [-0.3, -0.25) is 0 Å². The van der Waals surface area contributed by atoms with E-state index in [2.05, 4.69) is 14.1 Å². The Morgan fingerprint density at radius 2 is 2.31 bits per heavy atom. The first kappa shape index (κ1) is 8.52. The summed E-state index contributed by atoms with van der Waals surface area (Å²) in [5, 5.41) is 3.07. The third-order valence-electron chi connectivity index (χ3n) is 1.60. The fourth-order valence-corrected chi connectivity index (χ4v) is 1.76. The second-order valence-electron chi connectivity index (χ2n) is 2.62. The Morgan fingerprint density at radius 3 is 3.08 bits per heavy atom. The second-order valence-corrected chi connectivity index (χ2v) is 3.76. The molecule has 2 rings (SSSR count). The molecule has 0 radical (unpaired) electrons. The van der Waals surface area contributed by atoms with Crippen LogP contribution in [0, 0.1) is 0 Å². The number of aromatic nitrogens is 2. The van der Waals surface area contributed by atoms with Crippen molar-refractivity contribution in [2.24, 2.45) is 0 Å². The van der Waals surface area contributed by atoms with E-state index in [0.717, 1.165) is 21.7 Å². The Hall–Kier alpha value is -1.07. The molecule has 0 aliphatic carbocycles. The predicted molar refractivity (Wildman–Crippen MR) is 59.3 cm³/mol. The molecule has 0 aliphatic rings. The fraction of sp³-hybridized carbons (Fsp3) is 0.125. The maximum Gasteiger partial charge on any atom is 0.128 e. The average molecular weight is 209 g/mol. The van der Waals surface area contributed by atoms with E-state index in [9.17, 15) is 0 Å². The molecule has 66 valence electrons. The SMILES string of the molecule is CC(=S)Nc1cccc2nsnc12. The van der Waals surface area contributed by atoms with Gasteiger partial charge in [-0.25, -0.2) is 0 Å². The summed E-state index contributed by atoms with van der Waals surface area (Å²) in [6.07, 6.45) is 0. The van der Waals surface area contributed by atoms with Crippen LogP contribution in [-0.4, -0.2) is 13.7 Å². The average Bonchev–Trinajstić information content (AvgIpc) is 2.51. The molecule has 0 unspecified atom stereocenters. The summed E-state index contributed by atoms with van der Waals surface area (Å²) in [7, 11) is 0. The number of rotatable bonds is 1. The van der Waals surface area contributed by atoms with Gasteiger partial charge in [-0.1, -0.05) is 18.3 Å². The van der Waals surface area contributed by atoms with Crippen LogP contribution < -0.4 is 5.32 Å². The molecule has 0 aliphatic heterocycles. The third kappa shape index (κ3) is 1.66. The van der Waals surface area contributed by atoms with Gasteiger partial charge >= 0.3 is 0 Å². The van der Waals surface area contributed by atoms with Crippen molar-refractivity contribution in [2.75, 3.05) is 5.32 Å². The normalized spacial score (nSPS) is 10.2. The molecule has 3 nitrogen and oxygen atoms in total. The van der Waals surface area contributed by atoms with Crippen LogP contribution in [0.2, 0.25) is 0 Å². The Morgan fingerprint density at radius 1 is 1.46 bits per heavy atom. The molecule has 2 aromatic rings. The zero-order valence-corrected chi connectivity index (χ0v) is 8.58. The van der Waals surface area contributed by atoms with Gasteiger partial charge in [-0.15, -0.1) is 0 Å². The number of hydrogen-bond acceptors (Lipinski definition) is 4. The molecule has 0 spiro atoms. The molecule has 0 fully saturated rings. The minimum absolute atomic E-state index is 0.737. The molecule has 0 saturated carbocycles. The second kappa shape index (κ2) is 3.35. The number of thiocarbonyl (C=S) groups is 1. The smallest absolute Gasteiger partial charge is 0.128 e. The maximum absolute atomic E-state index is 4.96. The van der Waals surface area contributed by atoms with Gasteiger partial charge in [-0.05, 0) is 19.1 Å². The van der Waals surface area contributed by atoms with Crippen molar-refractivity contribution in [3.63, 3.8) is 0 Å². The Labute approximate surface area is 85.1 Å². The summed E-state index contributed by atoms with van der Waals surface area (Å²) >= 11 is 6.17. The lowest BCUT2D eigenvalue weighted by molar-refractivity contribution is 1.61. The molecule has 0 amide bonds. The van der Waals surface area contributed by atoms with Gasteiger partial charge in [0.05, 0.1) is 22.4 Å². The number of hydrogen-bond donors (Lipinski definition) is 1. The highest BCUT2D eigenvalue weighted by molar-refractivity contribution is 7.80. The highest BCUT2D eigenvalue weighted by atomic mass is 32.1. The molecule has 0 atom stereocenters. The number of benzene rings is 1. The van der Waals surface area contributed by atoms with Crippen LogP contribution in [0.5, 0.6) is 0 Å². The van der Waals surface area contributed by atoms with Gasteiger partial charge in [0.1, 0.15) is 11.0 Å². The number of nitrogens with one attached hydrogen (secondary N) is 1. The molecule has 1 N–H and O–H groups in total. The van der Waals surface area contributed by atoms with E-state index in [1.165, 1.54) is 11.7 Å². The van der Waals surface area contributed by atoms with Crippen molar-refractivity contribution >= 4 is 45.7 Å². The zero-order valence-electron chi connectivity index (χ0n) is 6.94. The minimum atomic E-state index is 0.737. The molecular weight excluding hydrogens is 202 g/mol. The maximum atomic E-state index is 4.96. The van der Waals surface area contributed by atoms with E-state index in [1.54, 1.807) is 0 Å². The highest BCUT2D eigenvalue weighted by Gasteiger charge is 2.03.